The number of imide groups is 1. The molecule has 37 heavy (non-hydrogen) atoms. The molecule has 0 aromatic heterocycles. The molecule has 3 N–H and O–H groups in total. The highest BCUT2D eigenvalue weighted by atomic mass is 35.5. The van der Waals surface area contributed by atoms with Gasteiger partial charge in [-0.15, -0.1) is 0 Å². The lowest BCUT2D eigenvalue weighted by Gasteiger charge is -2.30. The predicted molar refractivity (Wildman–Crippen MR) is 139 cm³/mol. The van der Waals surface area contributed by atoms with Crippen molar-refractivity contribution in [1.82, 2.24) is 10.2 Å². The van der Waals surface area contributed by atoms with Gasteiger partial charge in [-0.05, 0) is 47.9 Å². The molecule has 3 amide bonds. The molecule has 2 saturated heterocycles. The van der Waals surface area contributed by atoms with Crippen LogP contribution in [0.3, 0.4) is 0 Å². The first-order valence-corrected chi connectivity index (χ1v) is 12.8. The van der Waals surface area contributed by atoms with Crippen LogP contribution < -0.4 is 10.6 Å². The van der Waals surface area contributed by atoms with Crippen molar-refractivity contribution in [1.29, 1.82) is 0 Å². The summed E-state index contributed by atoms with van der Waals surface area (Å²) in [5.74, 6) is -3.28. The molecule has 7 nitrogen and oxygen atoms in total. The van der Waals surface area contributed by atoms with Crippen LogP contribution >= 0.6 is 23.2 Å². The van der Waals surface area contributed by atoms with E-state index in [-0.39, 0.29) is 6.54 Å². The van der Waals surface area contributed by atoms with E-state index in [1.54, 1.807) is 42.5 Å². The lowest BCUT2D eigenvalue weighted by Crippen LogP contribution is -2.54. The first kappa shape index (κ1) is 24.1. The molecule has 6 rings (SSSR count). The van der Waals surface area contributed by atoms with Crippen LogP contribution in [0, 0.1) is 11.8 Å². The largest absolute Gasteiger partial charge is 0.387 e. The SMILES string of the molecule is O=C1[C@@H]2[C@@H]([C@H](O)c3ccc(Cl)cc3)N[C@@]3(C(=O)Nc4ccc(Cl)cc43)[C@@H]2C(=O)N1CCc1ccccc1. The second-order valence-corrected chi connectivity index (χ2v) is 10.6. The minimum atomic E-state index is -1.54. The van der Waals surface area contributed by atoms with E-state index in [0.717, 1.165) is 5.56 Å². The molecule has 3 heterocycles. The van der Waals surface area contributed by atoms with Crippen LogP contribution in [0.4, 0.5) is 5.69 Å². The van der Waals surface area contributed by atoms with Crippen molar-refractivity contribution in [3.8, 4) is 0 Å². The summed E-state index contributed by atoms with van der Waals surface area (Å²) in [5.41, 5.74) is 0.978. The number of anilines is 1. The van der Waals surface area contributed by atoms with Crippen molar-refractivity contribution in [3.63, 3.8) is 0 Å². The maximum absolute atomic E-state index is 13.9. The van der Waals surface area contributed by atoms with Crippen LogP contribution in [-0.2, 0) is 26.3 Å². The van der Waals surface area contributed by atoms with Crippen molar-refractivity contribution in [2.75, 3.05) is 11.9 Å². The number of hydrogen-bond donors (Lipinski definition) is 3. The van der Waals surface area contributed by atoms with Gasteiger partial charge in [0, 0.05) is 27.8 Å². The standard InChI is InChI=1S/C28H23Cl2N3O4/c29-17-8-6-16(7-9-17)24(34)23-21-22(26(36)33(25(21)35)13-12-15-4-2-1-3-5-15)28(32-23)19-14-18(30)10-11-20(19)31-27(28)37/h1-11,14,21-24,32,34H,12-13H2,(H,31,37)/t21-,22-,23-,24+,28+/m0/s1. The van der Waals surface area contributed by atoms with E-state index in [4.69, 9.17) is 23.2 Å². The van der Waals surface area contributed by atoms with E-state index in [2.05, 4.69) is 10.6 Å². The summed E-state index contributed by atoms with van der Waals surface area (Å²) >= 11 is 12.3. The Morgan fingerprint density at radius 1 is 0.919 bits per heavy atom. The average molecular weight is 536 g/mol. The fraction of sp³-hybridized carbons (Fsp3) is 0.250. The number of aliphatic hydroxyl groups excluding tert-OH is 1. The number of halogens is 2. The van der Waals surface area contributed by atoms with E-state index in [1.165, 1.54) is 4.90 Å². The summed E-state index contributed by atoms with van der Waals surface area (Å²) in [4.78, 5) is 42.6. The Kier molecular flexibility index (Phi) is 5.84. The van der Waals surface area contributed by atoms with Gasteiger partial charge >= 0.3 is 0 Å². The normalized spacial score (nSPS) is 26.9. The third kappa shape index (κ3) is 3.68. The van der Waals surface area contributed by atoms with Crippen LogP contribution in [0.1, 0.15) is 22.8 Å². The molecular formula is C28H23Cl2N3O4. The van der Waals surface area contributed by atoms with Crippen molar-refractivity contribution < 1.29 is 19.5 Å². The molecule has 188 valence electrons. The number of nitrogens with zero attached hydrogens (tertiary/aromatic N) is 1. The van der Waals surface area contributed by atoms with Crippen LogP contribution in [0.2, 0.25) is 10.0 Å². The molecule has 9 heteroatoms. The summed E-state index contributed by atoms with van der Waals surface area (Å²) in [5, 5.41) is 18.4. The third-order valence-electron chi connectivity index (χ3n) is 7.72. The Bertz CT molecular complexity index is 1410. The fourth-order valence-electron chi connectivity index (χ4n) is 6.01. The van der Waals surface area contributed by atoms with Gasteiger partial charge in [-0.1, -0.05) is 65.7 Å². The van der Waals surface area contributed by atoms with Gasteiger partial charge < -0.3 is 10.4 Å². The highest BCUT2D eigenvalue weighted by Gasteiger charge is 2.71. The summed E-state index contributed by atoms with van der Waals surface area (Å²) in [7, 11) is 0. The molecule has 0 aliphatic carbocycles. The van der Waals surface area contributed by atoms with Crippen molar-refractivity contribution in [2.24, 2.45) is 11.8 Å². The number of fused-ring (bicyclic) bond motifs is 4. The number of amides is 3. The smallest absolute Gasteiger partial charge is 0.250 e. The number of aliphatic hydroxyl groups is 1. The molecule has 0 radical (unpaired) electrons. The molecule has 3 aromatic rings. The molecular weight excluding hydrogens is 513 g/mol. The fourth-order valence-corrected chi connectivity index (χ4v) is 6.30. The summed E-state index contributed by atoms with van der Waals surface area (Å²) < 4.78 is 0. The molecule has 0 bridgehead atoms. The maximum Gasteiger partial charge on any atom is 0.250 e. The zero-order chi connectivity index (χ0) is 25.9. The van der Waals surface area contributed by atoms with E-state index >= 15 is 0 Å². The Hall–Kier alpha value is -3.23. The van der Waals surface area contributed by atoms with Crippen LogP contribution in [-0.4, -0.2) is 40.3 Å². The first-order chi connectivity index (χ1) is 17.8. The molecule has 3 aliphatic heterocycles. The van der Waals surface area contributed by atoms with E-state index in [1.807, 2.05) is 30.3 Å². The van der Waals surface area contributed by atoms with E-state index < -0.39 is 47.2 Å². The third-order valence-corrected chi connectivity index (χ3v) is 8.21. The van der Waals surface area contributed by atoms with Crippen molar-refractivity contribution >= 4 is 46.6 Å². The molecule has 3 aromatic carbocycles. The zero-order valence-corrected chi connectivity index (χ0v) is 21.0. The lowest BCUT2D eigenvalue weighted by atomic mass is 9.76. The van der Waals surface area contributed by atoms with Gasteiger partial charge in [-0.2, -0.15) is 0 Å². The Morgan fingerprint density at radius 3 is 2.35 bits per heavy atom. The van der Waals surface area contributed by atoms with E-state index in [9.17, 15) is 19.5 Å². The van der Waals surface area contributed by atoms with Crippen LogP contribution in [0.15, 0.2) is 72.8 Å². The summed E-state index contributed by atoms with van der Waals surface area (Å²) in [6.07, 6.45) is -0.692. The molecule has 5 atom stereocenters. The van der Waals surface area contributed by atoms with Gasteiger partial charge in [-0.25, -0.2) is 0 Å². The van der Waals surface area contributed by atoms with Crippen molar-refractivity contribution in [2.45, 2.75) is 24.1 Å². The molecule has 2 fully saturated rings. The van der Waals surface area contributed by atoms with Gasteiger partial charge in [0.25, 0.3) is 0 Å². The summed E-state index contributed by atoms with van der Waals surface area (Å²) in [6.45, 7) is 0.179. The molecule has 3 aliphatic rings. The zero-order valence-electron chi connectivity index (χ0n) is 19.5. The topological polar surface area (TPSA) is 98.7 Å². The Labute approximate surface area is 223 Å². The van der Waals surface area contributed by atoms with E-state index in [0.29, 0.717) is 33.3 Å². The van der Waals surface area contributed by atoms with Gasteiger partial charge in [0.05, 0.1) is 24.0 Å². The van der Waals surface area contributed by atoms with Crippen LogP contribution in [0.25, 0.3) is 0 Å². The Morgan fingerprint density at radius 2 is 1.62 bits per heavy atom. The van der Waals surface area contributed by atoms with Gasteiger partial charge in [0.1, 0.15) is 5.54 Å². The second kappa shape index (κ2) is 8.96. The van der Waals surface area contributed by atoms with Gasteiger partial charge in [0.15, 0.2) is 0 Å². The highest BCUT2D eigenvalue weighted by molar-refractivity contribution is 6.31. The molecule has 1 spiro atoms. The Balaban J connectivity index is 1.43. The second-order valence-electron chi connectivity index (χ2n) is 9.69. The summed E-state index contributed by atoms with van der Waals surface area (Å²) in [6, 6.07) is 20.3. The number of nitrogens with one attached hydrogen (secondary N) is 2. The average Bonchev–Trinajstić information content (AvgIpc) is 3.48. The molecule has 0 unspecified atom stereocenters. The number of rotatable bonds is 5. The lowest BCUT2D eigenvalue weighted by molar-refractivity contribution is -0.143. The van der Waals surface area contributed by atoms with Crippen LogP contribution in [0.5, 0.6) is 0 Å². The maximum atomic E-state index is 13.9. The minimum Gasteiger partial charge on any atom is -0.387 e. The van der Waals surface area contributed by atoms with Crippen molar-refractivity contribution in [3.05, 3.63) is 99.5 Å². The number of hydrogen-bond acceptors (Lipinski definition) is 5. The number of benzene rings is 3. The number of carbonyl (C=O) groups is 3. The number of carbonyl (C=O) groups excluding carboxylic acids is 3. The predicted octanol–water partition coefficient (Wildman–Crippen LogP) is 3.69. The monoisotopic (exact) mass is 535 g/mol. The quantitative estimate of drug-likeness (QED) is 0.433. The number of likely N-dealkylation sites (tertiary alicyclic amines) is 1. The molecule has 0 saturated carbocycles. The van der Waals surface area contributed by atoms with Gasteiger partial charge in [-0.3, -0.25) is 24.6 Å². The first-order valence-electron chi connectivity index (χ1n) is 12.0. The highest BCUT2D eigenvalue weighted by Crippen LogP contribution is 2.55. The minimum absolute atomic E-state index is 0.179. The van der Waals surface area contributed by atoms with Gasteiger partial charge in [0.2, 0.25) is 17.7 Å².